The van der Waals surface area contributed by atoms with Crippen molar-refractivity contribution in [2.75, 3.05) is 18.0 Å². The quantitative estimate of drug-likeness (QED) is 0.372. The molecule has 1 saturated heterocycles. The van der Waals surface area contributed by atoms with E-state index in [0.29, 0.717) is 45.7 Å². The van der Waals surface area contributed by atoms with Crippen LogP contribution in [0.4, 0.5) is 10.2 Å². The van der Waals surface area contributed by atoms with Gasteiger partial charge in [-0.1, -0.05) is 23.2 Å². The number of nitriles is 1. The topological polar surface area (TPSA) is 117 Å². The Morgan fingerprint density at radius 2 is 2.00 bits per heavy atom. The van der Waals surface area contributed by atoms with Gasteiger partial charge in [0.15, 0.2) is 11.6 Å². The van der Waals surface area contributed by atoms with Crippen molar-refractivity contribution in [3.63, 3.8) is 0 Å². The van der Waals surface area contributed by atoms with Crippen molar-refractivity contribution >= 4 is 39.9 Å². The molecule has 8 nitrogen and oxygen atoms in total. The maximum atomic E-state index is 15.0. The maximum absolute atomic E-state index is 15.0. The van der Waals surface area contributed by atoms with Crippen molar-refractivity contribution in [3.8, 4) is 23.1 Å². The van der Waals surface area contributed by atoms with E-state index < -0.39 is 17.5 Å². The normalized spacial score (nSPS) is 15.5. The first-order chi connectivity index (χ1) is 16.8. The molecular formula is C24H20Cl2FN7O. The number of rotatable bonds is 6. The van der Waals surface area contributed by atoms with Gasteiger partial charge in [-0.25, -0.2) is 9.37 Å². The van der Waals surface area contributed by atoms with Crippen molar-refractivity contribution in [1.82, 2.24) is 20.2 Å². The highest BCUT2D eigenvalue weighted by Gasteiger charge is 2.41. The average molecular weight is 512 g/mol. The lowest BCUT2D eigenvalue weighted by molar-refractivity contribution is 0.227. The van der Waals surface area contributed by atoms with Crippen LogP contribution < -0.4 is 15.4 Å². The van der Waals surface area contributed by atoms with Crippen molar-refractivity contribution in [2.24, 2.45) is 5.73 Å². The second kappa shape index (κ2) is 8.96. The van der Waals surface area contributed by atoms with Gasteiger partial charge in [0.05, 0.1) is 33.6 Å². The van der Waals surface area contributed by atoms with Gasteiger partial charge in [-0.2, -0.15) is 10.4 Å². The van der Waals surface area contributed by atoms with Crippen molar-refractivity contribution in [1.29, 1.82) is 5.26 Å². The number of H-pyrrole nitrogens is 1. The molecule has 0 spiro atoms. The number of pyridine rings is 2. The number of benzene rings is 1. The van der Waals surface area contributed by atoms with Crippen LogP contribution >= 0.6 is 23.2 Å². The summed E-state index contributed by atoms with van der Waals surface area (Å²) in [5.74, 6) is 0.288. The van der Waals surface area contributed by atoms with Gasteiger partial charge in [0.25, 0.3) is 0 Å². The van der Waals surface area contributed by atoms with Gasteiger partial charge in [0.1, 0.15) is 17.5 Å². The van der Waals surface area contributed by atoms with Gasteiger partial charge in [0, 0.05) is 48.2 Å². The number of ether oxygens (including phenoxy) is 1. The highest BCUT2D eigenvalue weighted by atomic mass is 35.5. The smallest absolute Gasteiger partial charge is 0.166 e. The lowest BCUT2D eigenvalue weighted by atomic mass is 9.88. The number of nitrogens with one attached hydrogen (secondary N) is 1. The minimum absolute atomic E-state index is 0.205. The van der Waals surface area contributed by atoms with Crippen LogP contribution in [0.25, 0.3) is 22.2 Å². The summed E-state index contributed by atoms with van der Waals surface area (Å²) in [5.41, 5.74) is 7.93. The van der Waals surface area contributed by atoms with Gasteiger partial charge in [0.2, 0.25) is 0 Å². The van der Waals surface area contributed by atoms with Crippen LogP contribution in [0.1, 0.15) is 25.0 Å². The van der Waals surface area contributed by atoms with Gasteiger partial charge < -0.3 is 15.4 Å². The summed E-state index contributed by atoms with van der Waals surface area (Å²) in [6, 6.07) is 8.91. The molecule has 1 aliphatic rings. The standard InChI is InChI=1S/C24H20Cl2FN7O/c1-13(21-17(25)9-30-10-18(21)26)35-15-2-3-20-16(7-15)22(33-32-20)14-6-19(27)23(31-8-14)34-11-24(29,12-34)4-5-28/h2-3,6-10,13H,4,11-12,29H2,1H3,(H,32,33)/t13-/m1/s1. The molecule has 1 fully saturated rings. The number of nitrogens with two attached hydrogens (primary N) is 1. The fourth-order valence-corrected chi connectivity index (χ4v) is 4.96. The summed E-state index contributed by atoms with van der Waals surface area (Å²) >= 11 is 12.5. The molecule has 0 radical (unpaired) electrons. The van der Waals surface area contributed by atoms with Gasteiger partial charge in [-0.15, -0.1) is 0 Å². The number of fused-ring (bicyclic) bond motifs is 1. The highest BCUT2D eigenvalue weighted by molar-refractivity contribution is 6.35. The van der Waals surface area contributed by atoms with Crippen LogP contribution in [0.2, 0.25) is 10.0 Å². The summed E-state index contributed by atoms with van der Waals surface area (Å²) in [4.78, 5) is 10.0. The Morgan fingerprint density at radius 1 is 1.26 bits per heavy atom. The van der Waals surface area contributed by atoms with Crippen molar-refractivity contribution in [2.45, 2.75) is 25.0 Å². The van der Waals surface area contributed by atoms with E-state index in [1.807, 2.05) is 19.1 Å². The monoisotopic (exact) mass is 511 g/mol. The zero-order valence-electron chi connectivity index (χ0n) is 18.6. The number of hydrogen-bond donors (Lipinski definition) is 2. The Hall–Kier alpha value is -3.45. The summed E-state index contributed by atoms with van der Waals surface area (Å²) in [5, 5.41) is 17.8. The van der Waals surface area contributed by atoms with E-state index in [-0.39, 0.29) is 12.2 Å². The van der Waals surface area contributed by atoms with Crippen molar-refractivity contribution in [3.05, 3.63) is 64.3 Å². The molecule has 3 aromatic heterocycles. The third-order valence-corrected chi connectivity index (χ3v) is 6.58. The molecule has 0 unspecified atom stereocenters. The molecular weight excluding hydrogens is 492 g/mol. The molecule has 1 aromatic carbocycles. The van der Waals surface area contributed by atoms with Crippen LogP contribution in [-0.4, -0.2) is 38.8 Å². The van der Waals surface area contributed by atoms with Crippen LogP contribution in [0.3, 0.4) is 0 Å². The first-order valence-electron chi connectivity index (χ1n) is 10.8. The molecule has 1 atom stereocenters. The number of hydrogen-bond acceptors (Lipinski definition) is 7. The van der Waals surface area contributed by atoms with Crippen LogP contribution in [0.15, 0.2) is 42.9 Å². The highest BCUT2D eigenvalue weighted by Crippen LogP contribution is 2.36. The van der Waals surface area contributed by atoms with E-state index in [4.69, 9.17) is 38.9 Å². The Labute approximate surface area is 210 Å². The van der Waals surface area contributed by atoms with E-state index in [2.05, 4.69) is 26.2 Å². The maximum Gasteiger partial charge on any atom is 0.166 e. The van der Waals surface area contributed by atoms with E-state index in [0.717, 1.165) is 10.9 Å². The third kappa shape index (κ3) is 4.36. The SMILES string of the molecule is C[C@@H](Oc1ccc2[nH]nc(-c3cnc(N4CC(N)(CC#N)C4)c(F)c3)c2c1)c1c(Cl)cncc1Cl. The molecule has 3 N–H and O–H groups in total. The molecule has 0 aliphatic carbocycles. The number of aromatic nitrogens is 4. The molecule has 0 bridgehead atoms. The first kappa shape index (κ1) is 23.3. The Balaban J connectivity index is 1.40. The molecule has 4 heterocycles. The molecule has 5 rings (SSSR count). The number of aromatic amines is 1. The fourth-order valence-electron chi connectivity index (χ4n) is 4.29. The lowest BCUT2D eigenvalue weighted by Crippen LogP contribution is -2.67. The molecule has 4 aromatic rings. The first-order valence-corrected chi connectivity index (χ1v) is 11.5. The van der Waals surface area contributed by atoms with Crippen LogP contribution in [-0.2, 0) is 0 Å². The summed E-state index contributed by atoms with van der Waals surface area (Å²) in [7, 11) is 0. The van der Waals surface area contributed by atoms with E-state index >= 15 is 0 Å². The largest absolute Gasteiger partial charge is 0.486 e. The van der Waals surface area contributed by atoms with E-state index in [1.165, 1.54) is 18.5 Å². The lowest BCUT2D eigenvalue weighted by Gasteiger charge is -2.47. The summed E-state index contributed by atoms with van der Waals surface area (Å²) in [6.07, 6.45) is 4.38. The van der Waals surface area contributed by atoms with Gasteiger partial charge in [-0.05, 0) is 31.2 Å². The molecule has 0 saturated carbocycles. The number of halogens is 3. The Kier molecular flexibility index (Phi) is 5.97. The number of nitrogens with zero attached hydrogens (tertiary/aromatic N) is 5. The third-order valence-electron chi connectivity index (χ3n) is 5.98. The predicted octanol–water partition coefficient (Wildman–Crippen LogP) is 5.04. The molecule has 11 heteroatoms. The molecule has 35 heavy (non-hydrogen) atoms. The van der Waals surface area contributed by atoms with Gasteiger partial charge in [-0.3, -0.25) is 10.1 Å². The summed E-state index contributed by atoms with van der Waals surface area (Å²) < 4.78 is 21.1. The predicted molar refractivity (Wildman–Crippen MR) is 132 cm³/mol. The summed E-state index contributed by atoms with van der Waals surface area (Å²) in [6.45, 7) is 2.59. The number of anilines is 1. The second-order valence-electron chi connectivity index (χ2n) is 8.64. The van der Waals surface area contributed by atoms with E-state index in [1.54, 1.807) is 17.2 Å². The molecule has 1 aliphatic heterocycles. The fraction of sp³-hybridized carbons (Fsp3) is 0.250. The Morgan fingerprint density at radius 3 is 2.69 bits per heavy atom. The van der Waals surface area contributed by atoms with Crippen molar-refractivity contribution < 1.29 is 9.13 Å². The molecule has 178 valence electrons. The van der Waals surface area contributed by atoms with Crippen LogP contribution in [0, 0.1) is 17.1 Å². The zero-order valence-corrected chi connectivity index (χ0v) is 20.1. The van der Waals surface area contributed by atoms with Gasteiger partial charge >= 0.3 is 0 Å². The van der Waals surface area contributed by atoms with E-state index in [9.17, 15) is 4.39 Å². The minimum atomic E-state index is -0.627. The zero-order chi connectivity index (χ0) is 24.7. The molecule has 0 amide bonds. The van der Waals surface area contributed by atoms with Crippen LogP contribution in [0.5, 0.6) is 5.75 Å². The second-order valence-corrected chi connectivity index (χ2v) is 9.45. The minimum Gasteiger partial charge on any atom is -0.486 e. The average Bonchev–Trinajstić information content (AvgIpc) is 3.21. The Bertz CT molecular complexity index is 1440.